The number of hydrogen-bond donors (Lipinski definition) is 2. The van der Waals surface area contributed by atoms with Gasteiger partial charge in [-0.25, -0.2) is 0 Å². The zero-order valence-corrected chi connectivity index (χ0v) is 13.4. The Labute approximate surface area is 131 Å². The molecule has 0 aromatic heterocycles. The summed E-state index contributed by atoms with van der Waals surface area (Å²) in [5.74, 6) is 0.0593. The minimum absolute atomic E-state index is 0.0593. The fourth-order valence-corrected chi connectivity index (χ4v) is 2.61. The average Bonchev–Trinajstić information content (AvgIpc) is 2.47. The van der Waals surface area contributed by atoms with E-state index in [-0.39, 0.29) is 11.9 Å². The number of amides is 1. The van der Waals surface area contributed by atoms with E-state index in [0.29, 0.717) is 18.1 Å². The third-order valence-corrected chi connectivity index (χ3v) is 3.78. The minimum Gasteiger partial charge on any atom is -0.357 e. The van der Waals surface area contributed by atoms with Crippen LogP contribution in [0.1, 0.15) is 0 Å². The Morgan fingerprint density at radius 1 is 1.52 bits per heavy atom. The predicted molar refractivity (Wildman–Crippen MR) is 87.0 cm³/mol. The fraction of sp³-hybridized carbons (Fsp3) is 0.533. The van der Waals surface area contributed by atoms with Gasteiger partial charge in [-0.3, -0.25) is 4.79 Å². The van der Waals surface area contributed by atoms with Crippen molar-refractivity contribution in [1.29, 1.82) is 0 Å². The lowest BCUT2D eigenvalue weighted by atomic mass is 10.1. The van der Waals surface area contributed by atoms with Crippen molar-refractivity contribution < 1.29 is 4.79 Å². The molecule has 0 aliphatic carbocycles. The first kappa shape index (κ1) is 16.1. The highest BCUT2D eigenvalue weighted by Gasteiger charge is 2.28. The second-order valence-electron chi connectivity index (χ2n) is 5.49. The fourth-order valence-electron chi connectivity index (χ4n) is 2.42. The molecule has 0 bridgehead atoms. The monoisotopic (exact) mass is 310 g/mol. The van der Waals surface area contributed by atoms with Crippen LogP contribution in [0.25, 0.3) is 0 Å². The molecule has 116 valence electrons. The number of rotatable bonds is 5. The molecule has 1 aliphatic rings. The van der Waals surface area contributed by atoms with Gasteiger partial charge in [-0.15, -0.1) is 0 Å². The quantitative estimate of drug-likeness (QED) is 0.844. The van der Waals surface area contributed by atoms with Gasteiger partial charge in [0.2, 0.25) is 5.91 Å². The van der Waals surface area contributed by atoms with Gasteiger partial charge >= 0.3 is 0 Å². The number of carbonyl (C=O) groups is 1. The van der Waals surface area contributed by atoms with Crippen LogP contribution in [-0.2, 0) is 4.79 Å². The predicted octanol–water partition coefficient (Wildman–Crippen LogP) is 0.796. The molecular formula is C15H23ClN4O. The van der Waals surface area contributed by atoms with Gasteiger partial charge in [0.05, 0.1) is 0 Å². The first-order valence-electron chi connectivity index (χ1n) is 7.23. The Bertz CT molecular complexity index is 480. The SMILES string of the molecule is CN(C)CCNC(=O)C1CNCCN1c1cccc(Cl)c1. The summed E-state index contributed by atoms with van der Waals surface area (Å²) >= 11 is 6.06. The highest BCUT2D eigenvalue weighted by atomic mass is 35.5. The van der Waals surface area contributed by atoms with Crippen molar-refractivity contribution in [1.82, 2.24) is 15.5 Å². The first-order chi connectivity index (χ1) is 10.1. The molecule has 1 heterocycles. The maximum Gasteiger partial charge on any atom is 0.244 e. The Morgan fingerprint density at radius 3 is 3.05 bits per heavy atom. The summed E-state index contributed by atoms with van der Waals surface area (Å²) in [5.41, 5.74) is 0.997. The van der Waals surface area contributed by atoms with Gasteiger partial charge in [0.25, 0.3) is 0 Å². The van der Waals surface area contributed by atoms with Crippen LogP contribution in [0.5, 0.6) is 0 Å². The Balaban J connectivity index is 2.03. The van der Waals surface area contributed by atoms with Crippen molar-refractivity contribution in [3.8, 4) is 0 Å². The zero-order chi connectivity index (χ0) is 15.2. The Kier molecular flexibility index (Phi) is 5.85. The molecule has 0 saturated carbocycles. The van der Waals surface area contributed by atoms with Gasteiger partial charge in [0.1, 0.15) is 6.04 Å². The van der Waals surface area contributed by atoms with Crippen LogP contribution in [0.4, 0.5) is 5.69 Å². The van der Waals surface area contributed by atoms with Crippen LogP contribution in [0.15, 0.2) is 24.3 Å². The van der Waals surface area contributed by atoms with Crippen LogP contribution < -0.4 is 15.5 Å². The number of halogens is 1. The van der Waals surface area contributed by atoms with E-state index >= 15 is 0 Å². The summed E-state index contributed by atoms with van der Waals surface area (Å²) in [4.78, 5) is 16.6. The van der Waals surface area contributed by atoms with Crippen LogP contribution >= 0.6 is 11.6 Å². The second-order valence-corrected chi connectivity index (χ2v) is 5.92. The largest absolute Gasteiger partial charge is 0.357 e. The van der Waals surface area contributed by atoms with Gasteiger partial charge in [-0.05, 0) is 32.3 Å². The minimum atomic E-state index is -0.195. The molecule has 1 amide bonds. The lowest BCUT2D eigenvalue weighted by Crippen LogP contribution is -2.58. The highest BCUT2D eigenvalue weighted by molar-refractivity contribution is 6.30. The first-order valence-corrected chi connectivity index (χ1v) is 7.61. The number of nitrogens with zero attached hydrogens (tertiary/aromatic N) is 2. The molecule has 1 aromatic carbocycles. The number of benzene rings is 1. The van der Waals surface area contributed by atoms with Crippen LogP contribution in [0.2, 0.25) is 5.02 Å². The molecule has 1 aliphatic heterocycles. The molecule has 1 saturated heterocycles. The summed E-state index contributed by atoms with van der Waals surface area (Å²) in [7, 11) is 3.99. The molecule has 5 nitrogen and oxygen atoms in total. The van der Waals surface area contributed by atoms with Crippen LogP contribution in [-0.4, -0.2) is 63.7 Å². The number of hydrogen-bond acceptors (Lipinski definition) is 4. The van der Waals surface area contributed by atoms with E-state index < -0.39 is 0 Å². The Morgan fingerprint density at radius 2 is 2.33 bits per heavy atom. The van der Waals surface area contributed by atoms with E-state index in [9.17, 15) is 4.79 Å². The lowest BCUT2D eigenvalue weighted by molar-refractivity contribution is -0.122. The van der Waals surface area contributed by atoms with Gasteiger partial charge in [0, 0.05) is 43.4 Å². The summed E-state index contributed by atoms with van der Waals surface area (Å²) in [6, 6.07) is 7.48. The second kappa shape index (κ2) is 7.64. The normalized spacial score (nSPS) is 18.9. The highest BCUT2D eigenvalue weighted by Crippen LogP contribution is 2.22. The van der Waals surface area contributed by atoms with E-state index in [1.165, 1.54) is 0 Å². The summed E-state index contributed by atoms with van der Waals surface area (Å²) in [6.07, 6.45) is 0. The molecule has 1 unspecified atom stereocenters. The molecule has 21 heavy (non-hydrogen) atoms. The van der Waals surface area contributed by atoms with E-state index in [1.807, 2.05) is 43.3 Å². The topological polar surface area (TPSA) is 47.6 Å². The van der Waals surface area contributed by atoms with Crippen molar-refractivity contribution in [2.45, 2.75) is 6.04 Å². The lowest BCUT2D eigenvalue weighted by Gasteiger charge is -2.37. The van der Waals surface area contributed by atoms with E-state index in [1.54, 1.807) is 0 Å². The van der Waals surface area contributed by atoms with Crippen molar-refractivity contribution in [3.05, 3.63) is 29.3 Å². The van der Waals surface area contributed by atoms with Gasteiger partial charge in [-0.1, -0.05) is 17.7 Å². The molecule has 0 radical (unpaired) electrons. The third kappa shape index (κ3) is 4.59. The van der Waals surface area contributed by atoms with Crippen LogP contribution in [0, 0.1) is 0 Å². The number of piperazine rings is 1. The maximum atomic E-state index is 12.4. The van der Waals surface area contributed by atoms with Crippen LogP contribution in [0.3, 0.4) is 0 Å². The Hall–Kier alpha value is -1.30. The van der Waals surface area contributed by atoms with Crippen molar-refractivity contribution >= 4 is 23.2 Å². The summed E-state index contributed by atoms with van der Waals surface area (Å²) in [5, 5.41) is 6.98. The molecule has 1 fully saturated rings. The maximum absolute atomic E-state index is 12.4. The van der Waals surface area contributed by atoms with Crippen molar-refractivity contribution in [2.24, 2.45) is 0 Å². The summed E-state index contributed by atoms with van der Waals surface area (Å²) in [6.45, 7) is 3.81. The van der Waals surface area contributed by atoms with Crippen molar-refractivity contribution in [3.63, 3.8) is 0 Å². The number of nitrogens with one attached hydrogen (secondary N) is 2. The smallest absolute Gasteiger partial charge is 0.244 e. The zero-order valence-electron chi connectivity index (χ0n) is 12.6. The third-order valence-electron chi connectivity index (χ3n) is 3.54. The van der Waals surface area contributed by atoms with Gasteiger partial charge < -0.3 is 20.4 Å². The van der Waals surface area contributed by atoms with Gasteiger partial charge in [-0.2, -0.15) is 0 Å². The number of likely N-dealkylation sites (N-methyl/N-ethyl adjacent to an activating group) is 1. The molecule has 0 spiro atoms. The van der Waals surface area contributed by atoms with E-state index in [4.69, 9.17) is 11.6 Å². The molecule has 1 atom stereocenters. The molecular weight excluding hydrogens is 288 g/mol. The molecule has 6 heteroatoms. The summed E-state index contributed by atoms with van der Waals surface area (Å²) < 4.78 is 0. The number of anilines is 1. The number of carbonyl (C=O) groups excluding carboxylic acids is 1. The standard InChI is InChI=1S/C15H23ClN4O/c1-19(2)8-7-18-15(21)14-11-17-6-9-20(14)13-5-3-4-12(16)10-13/h3-5,10,14,17H,6-9,11H2,1-2H3,(H,18,21). The molecule has 2 N–H and O–H groups in total. The molecule has 2 rings (SSSR count). The van der Waals surface area contributed by atoms with E-state index in [2.05, 4.69) is 15.5 Å². The van der Waals surface area contributed by atoms with Gasteiger partial charge in [0.15, 0.2) is 0 Å². The molecule has 1 aromatic rings. The van der Waals surface area contributed by atoms with Crippen molar-refractivity contribution in [2.75, 3.05) is 51.7 Å². The average molecular weight is 311 g/mol. The van der Waals surface area contributed by atoms with E-state index in [0.717, 1.165) is 25.3 Å².